The summed E-state index contributed by atoms with van der Waals surface area (Å²) in [6.07, 6.45) is -1.06. The molecule has 13 heavy (non-hydrogen) atoms. The molecule has 1 aromatic carbocycles. The maximum atomic E-state index is 12.6. The van der Waals surface area contributed by atoms with Gasteiger partial charge in [0.2, 0.25) is 0 Å². The average molecular weight is 182 g/mol. The number of rotatable bonds is 1. The molecule has 0 saturated carbocycles. The van der Waals surface area contributed by atoms with Crippen molar-refractivity contribution in [2.24, 2.45) is 0 Å². The lowest BCUT2D eigenvalue weighted by atomic mass is 10.1. The zero-order valence-corrected chi connectivity index (χ0v) is 7.01. The number of aliphatic hydroxyl groups excluding tert-OH is 1. The summed E-state index contributed by atoms with van der Waals surface area (Å²) in [6.45, 7) is 1.56. The topological polar surface area (TPSA) is 20.2 Å². The van der Waals surface area contributed by atoms with Crippen LogP contribution < -0.4 is 0 Å². The lowest BCUT2D eigenvalue weighted by molar-refractivity contribution is 0.237. The standard InChI is InChI=1S/C10H8F2O/c1-2-3-10(13)7-4-5-8(11)9(12)6-7/h4-6,10,13H,1H3. The van der Waals surface area contributed by atoms with Crippen molar-refractivity contribution in [1.29, 1.82) is 0 Å². The van der Waals surface area contributed by atoms with Crippen LogP contribution in [0, 0.1) is 23.5 Å². The molecule has 0 aromatic heterocycles. The second-order valence-electron chi connectivity index (χ2n) is 2.47. The number of aliphatic hydroxyl groups is 1. The van der Waals surface area contributed by atoms with E-state index in [1.54, 1.807) is 6.92 Å². The Hall–Kier alpha value is -1.40. The van der Waals surface area contributed by atoms with Crippen molar-refractivity contribution in [1.82, 2.24) is 0 Å². The van der Waals surface area contributed by atoms with Crippen molar-refractivity contribution in [3.05, 3.63) is 35.4 Å². The van der Waals surface area contributed by atoms with E-state index in [4.69, 9.17) is 0 Å². The minimum Gasteiger partial charge on any atom is -0.376 e. The average Bonchev–Trinajstić information content (AvgIpc) is 2.10. The highest BCUT2D eigenvalue weighted by Gasteiger charge is 2.07. The number of hydrogen-bond acceptors (Lipinski definition) is 1. The largest absolute Gasteiger partial charge is 0.376 e. The van der Waals surface area contributed by atoms with Gasteiger partial charge in [-0.1, -0.05) is 12.0 Å². The van der Waals surface area contributed by atoms with Crippen LogP contribution in [-0.4, -0.2) is 5.11 Å². The molecular weight excluding hydrogens is 174 g/mol. The summed E-state index contributed by atoms with van der Waals surface area (Å²) < 4.78 is 25.1. The summed E-state index contributed by atoms with van der Waals surface area (Å²) in [5, 5.41) is 9.27. The molecule has 3 heteroatoms. The molecule has 1 nitrogen and oxygen atoms in total. The number of benzene rings is 1. The molecule has 0 heterocycles. The molecule has 1 rings (SSSR count). The van der Waals surface area contributed by atoms with E-state index in [-0.39, 0.29) is 5.56 Å². The Kier molecular flexibility index (Phi) is 2.99. The second kappa shape index (κ2) is 4.01. The molecule has 0 amide bonds. The van der Waals surface area contributed by atoms with Crippen LogP contribution in [0.3, 0.4) is 0 Å². The minimum atomic E-state index is -1.06. The van der Waals surface area contributed by atoms with Gasteiger partial charge in [0.1, 0.15) is 6.10 Å². The van der Waals surface area contributed by atoms with Gasteiger partial charge in [-0.15, -0.1) is 5.92 Å². The van der Waals surface area contributed by atoms with Gasteiger partial charge in [0, 0.05) is 0 Å². The molecule has 0 aliphatic carbocycles. The zero-order chi connectivity index (χ0) is 9.84. The van der Waals surface area contributed by atoms with Gasteiger partial charge < -0.3 is 5.11 Å². The first-order valence-electron chi connectivity index (χ1n) is 3.70. The predicted molar refractivity (Wildman–Crippen MR) is 44.8 cm³/mol. The van der Waals surface area contributed by atoms with Crippen molar-refractivity contribution in [2.75, 3.05) is 0 Å². The van der Waals surface area contributed by atoms with E-state index in [0.717, 1.165) is 12.1 Å². The Balaban J connectivity index is 3.01. The Labute approximate surface area is 75.0 Å². The third kappa shape index (κ3) is 2.27. The zero-order valence-electron chi connectivity index (χ0n) is 7.01. The van der Waals surface area contributed by atoms with Crippen LogP contribution in [0.2, 0.25) is 0 Å². The molecule has 1 aromatic rings. The fourth-order valence-electron chi connectivity index (χ4n) is 0.903. The monoisotopic (exact) mass is 182 g/mol. The highest BCUT2D eigenvalue weighted by atomic mass is 19.2. The molecule has 0 saturated heterocycles. The second-order valence-corrected chi connectivity index (χ2v) is 2.47. The fourth-order valence-corrected chi connectivity index (χ4v) is 0.903. The van der Waals surface area contributed by atoms with Crippen molar-refractivity contribution in [3.8, 4) is 11.8 Å². The molecule has 1 atom stereocenters. The Bertz CT molecular complexity index is 363. The minimum absolute atomic E-state index is 0.258. The fraction of sp³-hybridized carbons (Fsp3) is 0.200. The van der Waals surface area contributed by atoms with Crippen LogP contribution in [0.1, 0.15) is 18.6 Å². The van der Waals surface area contributed by atoms with Crippen molar-refractivity contribution in [2.45, 2.75) is 13.0 Å². The van der Waals surface area contributed by atoms with Crippen LogP contribution in [0.15, 0.2) is 18.2 Å². The van der Waals surface area contributed by atoms with Crippen LogP contribution in [-0.2, 0) is 0 Å². The van der Waals surface area contributed by atoms with E-state index < -0.39 is 17.7 Å². The van der Waals surface area contributed by atoms with Gasteiger partial charge in [0.05, 0.1) is 0 Å². The van der Waals surface area contributed by atoms with E-state index in [2.05, 4.69) is 11.8 Å². The molecule has 0 fully saturated rings. The van der Waals surface area contributed by atoms with Crippen molar-refractivity contribution in [3.63, 3.8) is 0 Å². The maximum absolute atomic E-state index is 12.6. The summed E-state index contributed by atoms with van der Waals surface area (Å²) in [4.78, 5) is 0. The normalized spacial score (nSPS) is 11.7. The first-order chi connectivity index (χ1) is 6.15. The van der Waals surface area contributed by atoms with Gasteiger partial charge in [0.15, 0.2) is 11.6 Å². The van der Waals surface area contributed by atoms with Crippen LogP contribution in [0.5, 0.6) is 0 Å². The molecule has 0 bridgehead atoms. The first kappa shape index (κ1) is 9.69. The third-order valence-electron chi connectivity index (χ3n) is 1.54. The third-order valence-corrected chi connectivity index (χ3v) is 1.54. The van der Waals surface area contributed by atoms with Crippen LogP contribution in [0.4, 0.5) is 8.78 Å². The van der Waals surface area contributed by atoms with Gasteiger partial charge in [0.25, 0.3) is 0 Å². The highest BCUT2D eigenvalue weighted by molar-refractivity contribution is 5.25. The summed E-state index contributed by atoms with van der Waals surface area (Å²) in [5.41, 5.74) is 0.258. The van der Waals surface area contributed by atoms with E-state index in [1.807, 2.05) is 0 Å². The summed E-state index contributed by atoms with van der Waals surface area (Å²) in [5.74, 6) is 3.00. The molecule has 0 aliphatic heterocycles. The van der Waals surface area contributed by atoms with Gasteiger partial charge in [-0.2, -0.15) is 0 Å². The lowest BCUT2D eigenvalue weighted by Crippen LogP contribution is -1.95. The summed E-state index contributed by atoms with van der Waals surface area (Å²) >= 11 is 0. The molecule has 0 radical (unpaired) electrons. The molecule has 0 spiro atoms. The summed E-state index contributed by atoms with van der Waals surface area (Å²) in [7, 11) is 0. The SMILES string of the molecule is CC#CC(O)c1ccc(F)c(F)c1. The van der Waals surface area contributed by atoms with E-state index in [1.165, 1.54) is 6.07 Å². The summed E-state index contributed by atoms with van der Waals surface area (Å²) in [6, 6.07) is 3.20. The van der Waals surface area contributed by atoms with Gasteiger partial charge in [-0.3, -0.25) is 0 Å². The first-order valence-corrected chi connectivity index (χ1v) is 3.70. The molecule has 0 aliphatic rings. The van der Waals surface area contributed by atoms with E-state index in [0.29, 0.717) is 0 Å². The Morgan fingerprint density at radius 2 is 2.00 bits per heavy atom. The van der Waals surface area contributed by atoms with Gasteiger partial charge in [-0.25, -0.2) is 8.78 Å². The van der Waals surface area contributed by atoms with Gasteiger partial charge >= 0.3 is 0 Å². The van der Waals surface area contributed by atoms with Crippen molar-refractivity contribution < 1.29 is 13.9 Å². The van der Waals surface area contributed by atoms with E-state index >= 15 is 0 Å². The van der Waals surface area contributed by atoms with Crippen molar-refractivity contribution >= 4 is 0 Å². The molecule has 1 N–H and O–H groups in total. The Morgan fingerprint density at radius 3 is 2.54 bits per heavy atom. The molecule has 1 unspecified atom stereocenters. The van der Waals surface area contributed by atoms with Crippen LogP contribution in [0.25, 0.3) is 0 Å². The van der Waals surface area contributed by atoms with Crippen LogP contribution >= 0.6 is 0 Å². The van der Waals surface area contributed by atoms with Gasteiger partial charge in [-0.05, 0) is 24.6 Å². The number of hydrogen-bond donors (Lipinski definition) is 1. The smallest absolute Gasteiger partial charge is 0.159 e. The molecular formula is C10H8F2O. The Morgan fingerprint density at radius 1 is 1.31 bits per heavy atom. The predicted octanol–water partition coefficient (Wildman–Crippen LogP) is 2.02. The maximum Gasteiger partial charge on any atom is 0.159 e. The highest BCUT2D eigenvalue weighted by Crippen LogP contribution is 2.15. The molecule has 68 valence electrons. The quantitative estimate of drug-likeness (QED) is 0.659. The lowest BCUT2D eigenvalue weighted by Gasteiger charge is -2.03. The number of halogens is 2. The van der Waals surface area contributed by atoms with E-state index in [9.17, 15) is 13.9 Å².